The smallest absolute Gasteiger partial charge is 0.303 e. The predicted octanol–water partition coefficient (Wildman–Crippen LogP) is 2.27. The maximum atomic E-state index is 12.0. The first kappa shape index (κ1) is 17.5. The molecule has 0 spiro atoms. The van der Waals surface area contributed by atoms with E-state index in [9.17, 15) is 9.59 Å². The van der Waals surface area contributed by atoms with E-state index in [-0.39, 0.29) is 30.7 Å². The van der Waals surface area contributed by atoms with E-state index in [0.717, 1.165) is 32.5 Å². The van der Waals surface area contributed by atoms with Gasteiger partial charge in [0, 0.05) is 38.5 Å². The Balaban J connectivity index is 1.68. The van der Waals surface area contributed by atoms with Crippen LogP contribution in [0.15, 0.2) is 30.3 Å². The number of hydrogen-bond acceptors (Lipinski definition) is 3. The number of hydrogen-bond donors (Lipinski definition) is 2. The summed E-state index contributed by atoms with van der Waals surface area (Å²) in [6, 6.07) is 10.6. The van der Waals surface area contributed by atoms with Crippen LogP contribution in [0.5, 0.6) is 0 Å². The van der Waals surface area contributed by atoms with Crippen LogP contribution < -0.4 is 5.32 Å². The van der Waals surface area contributed by atoms with E-state index in [4.69, 9.17) is 5.11 Å². The summed E-state index contributed by atoms with van der Waals surface area (Å²) in [6.07, 6.45) is 2.23. The van der Waals surface area contributed by atoms with E-state index in [1.807, 2.05) is 6.07 Å². The molecule has 1 aromatic rings. The van der Waals surface area contributed by atoms with E-state index >= 15 is 0 Å². The van der Waals surface area contributed by atoms with Gasteiger partial charge in [0.05, 0.1) is 0 Å². The van der Waals surface area contributed by atoms with Gasteiger partial charge in [-0.05, 0) is 24.3 Å². The second-order valence-corrected chi connectivity index (χ2v) is 6.51. The highest BCUT2D eigenvalue weighted by Gasteiger charge is 2.21. The zero-order chi connectivity index (χ0) is 16.7. The van der Waals surface area contributed by atoms with Crippen molar-refractivity contribution < 1.29 is 14.7 Å². The van der Waals surface area contributed by atoms with Gasteiger partial charge in [0.25, 0.3) is 0 Å². The minimum absolute atomic E-state index is 0.0275. The van der Waals surface area contributed by atoms with Gasteiger partial charge in [-0.3, -0.25) is 14.5 Å². The van der Waals surface area contributed by atoms with Crippen LogP contribution in [0, 0.1) is 5.92 Å². The second-order valence-electron chi connectivity index (χ2n) is 6.51. The van der Waals surface area contributed by atoms with Crippen molar-refractivity contribution in [3.05, 3.63) is 35.9 Å². The number of likely N-dealkylation sites (tertiary alicyclic amines) is 1. The Morgan fingerprint density at radius 1 is 1.22 bits per heavy atom. The Kier molecular flexibility index (Phi) is 6.59. The van der Waals surface area contributed by atoms with Crippen molar-refractivity contribution >= 4 is 11.9 Å². The largest absolute Gasteiger partial charge is 0.481 e. The van der Waals surface area contributed by atoms with Gasteiger partial charge in [-0.25, -0.2) is 0 Å². The van der Waals surface area contributed by atoms with Crippen LogP contribution >= 0.6 is 0 Å². The maximum absolute atomic E-state index is 12.0. The third-order valence-corrected chi connectivity index (χ3v) is 4.26. The van der Waals surface area contributed by atoms with Gasteiger partial charge in [-0.15, -0.1) is 0 Å². The molecule has 1 saturated heterocycles. The van der Waals surface area contributed by atoms with Crippen LogP contribution in [-0.4, -0.2) is 41.0 Å². The van der Waals surface area contributed by atoms with Crippen LogP contribution in [0.2, 0.25) is 0 Å². The quantitative estimate of drug-likeness (QED) is 0.809. The zero-order valence-corrected chi connectivity index (χ0v) is 13.7. The Bertz CT molecular complexity index is 510. The van der Waals surface area contributed by atoms with Crippen molar-refractivity contribution in [3.63, 3.8) is 0 Å². The third-order valence-electron chi connectivity index (χ3n) is 4.26. The Morgan fingerprint density at radius 2 is 1.87 bits per heavy atom. The highest BCUT2D eigenvalue weighted by molar-refractivity contribution is 5.77. The standard InChI is InChI=1S/C18H26N2O3/c1-14(12-18(22)23)11-17(21)19-16-7-9-20(10-8-16)13-15-5-3-2-4-6-15/h2-6,14,16H,7-13H2,1H3,(H,19,21)(H,22,23). The Labute approximate surface area is 137 Å². The van der Waals surface area contributed by atoms with Gasteiger partial charge in [0.1, 0.15) is 0 Å². The molecule has 1 aliphatic rings. The lowest BCUT2D eigenvalue weighted by atomic mass is 10.0. The van der Waals surface area contributed by atoms with Crippen LogP contribution in [0.4, 0.5) is 0 Å². The number of carboxylic acid groups (broad SMARTS) is 1. The van der Waals surface area contributed by atoms with E-state index in [0.29, 0.717) is 0 Å². The van der Waals surface area contributed by atoms with Crippen molar-refractivity contribution in [2.75, 3.05) is 13.1 Å². The molecule has 0 saturated carbocycles. The molecule has 1 fully saturated rings. The van der Waals surface area contributed by atoms with E-state index in [2.05, 4.69) is 34.5 Å². The summed E-state index contributed by atoms with van der Waals surface area (Å²) in [7, 11) is 0. The summed E-state index contributed by atoms with van der Waals surface area (Å²) in [6.45, 7) is 4.71. The van der Waals surface area contributed by atoms with Gasteiger partial charge in [0.2, 0.25) is 5.91 Å². The summed E-state index contributed by atoms with van der Waals surface area (Å²) in [4.78, 5) is 25.0. The molecule has 23 heavy (non-hydrogen) atoms. The number of carbonyl (C=O) groups excluding carboxylic acids is 1. The number of aliphatic carboxylic acids is 1. The lowest BCUT2D eigenvalue weighted by Crippen LogP contribution is -2.44. The fourth-order valence-electron chi connectivity index (χ4n) is 3.05. The molecule has 5 nitrogen and oxygen atoms in total. The highest BCUT2D eigenvalue weighted by Crippen LogP contribution is 2.15. The summed E-state index contributed by atoms with van der Waals surface area (Å²) in [5, 5.41) is 11.8. The molecule has 1 unspecified atom stereocenters. The number of amides is 1. The molecule has 1 aliphatic heterocycles. The topological polar surface area (TPSA) is 69.6 Å². The van der Waals surface area contributed by atoms with Crippen LogP contribution in [0.3, 0.4) is 0 Å². The first-order chi connectivity index (χ1) is 11.0. The molecule has 2 N–H and O–H groups in total. The lowest BCUT2D eigenvalue weighted by Gasteiger charge is -2.32. The van der Waals surface area contributed by atoms with Crippen molar-refractivity contribution in [2.24, 2.45) is 5.92 Å². The molecular weight excluding hydrogens is 292 g/mol. The third kappa shape index (κ3) is 6.40. The van der Waals surface area contributed by atoms with Crippen LogP contribution in [0.1, 0.15) is 38.2 Å². The van der Waals surface area contributed by atoms with Crippen LogP contribution in [0.25, 0.3) is 0 Å². The van der Waals surface area contributed by atoms with E-state index in [1.165, 1.54) is 5.56 Å². The second kappa shape index (κ2) is 8.67. The first-order valence-electron chi connectivity index (χ1n) is 8.30. The van der Waals surface area contributed by atoms with Crippen molar-refractivity contribution in [1.29, 1.82) is 0 Å². The molecule has 1 atom stereocenters. The fourth-order valence-corrected chi connectivity index (χ4v) is 3.05. The minimum Gasteiger partial charge on any atom is -0.481 e. The molecule has 0 bridgehead atoms. The number of carboxylic acids is 1. The molecule has 126 valence electrons. The number of piperidine rings is 1. The molecule has 0 aliphatic carbocycles. The maximum Gasteiger partial charge on any atom is 0.303 e. The normalized spacial score (nSPS) is 17.6. The van der Waals surface area contributed by atoms with Gasteiger partial charge < -0.3 is 10.4 Å². The van der Waals surface area contributed by atoms with E-state index in [1.54, 1.807) is 6.92 Å². The molecule has 0 aromatic heterocycles. The molecule has 1 aromatic carbocycles. The average Bonchev–Trinajstić information content (AvgIpc) is 2.49. The Morgan fingerprint density at radius 3 is 2.48 bits per heavy atom. The van der Waals surface area contributed by atoms with Crippen molar-refractivity contribution in [1.82, 2.24) is 10.2 Å². The average molecular weight is 318 g/mol. The number of rotatable bonds is 7. The molecule has 5 heteroatoms. The SMILES string of the molecule is CC(CC(=O)O)CC(=O)NC1CCN(Cc2ccccc2)CC1. The Hall–Kier alpha value is -1.88. The summed E-state index contributed by atoms with van der Waals surface area (Å²) in [5.41, 5.74) is 1.32. The molecule has 1 heterocycles. The number of nitrogens with zero attached hydrogens (tertiary/aromatic N) is 1. The number of nitrogens with one attached hydrogen (secondary N) is 1. The molecule has 1 amide bonds. The van der Waals surface area contributed by atoms with Crippen molar-refractivity contribution in [2.45, 2.75) is 45.2 Å². The fraction of sp³-hybridized carbons (Fsp3) is 0.556. The highest BCUT2D eigenvalue weighted by atomic mass is 16.4. The molecule has 2 rings (SSSR count). The minimum atomic E-state index is -0.848. The zero-order valence-electron chi connectivity index (χ0n) is 13.7. The predicted molar refractivity (Wildman–Crippen MR) is 88.9 cm³/mol. The monoisotopic (exact) mass is 318 g/mol. The number of benzene rings is 1. The van der Waals surface area contributed by atoms with E-state index < -0.39 is 5.97 Å². The molecule has 0 radical (unpaired) electrons. The lowest BCUT2D eigenvalue weighted by molar-refractivity contribution is -0.138. The summed E-state index contributed by atoms with van der Waals surface area (Å²) in [5.74, 6) is -0.995. The summed E-state index contributed by atoms with van der Waals surface area (Å²) < 4.78 is 0. The van der Waals surface area contributed by atoms with Gasteiger partial charge in [0.15, 0.2) is 0 Å². The van der Waals surface area contributed by atoms with Gasteiger partial charge >= 0.3 is 5.97 Å². The van der Waals surface area contributed by atoms with Crippen LogP contribution in [-0.2, 0) is 16.1 Å². The van der Waals surface area contributed by atoms with Gasteiger partial charge in [-0.1, -0.05) is 37.3 Å². The first-order valence-corrected chi connectivity index (χ1v) is 8.30. The molecular formula is C18H26N2O3. The summed E-state index contributed by atoms with van der Waals surface area (Å²) >= 11 is 0. The number of carbonyl (C=O) groups is 2. The van der Waals surface area contributed by atoms with Gasteiger partial charge in [-0.2, -0.15) is 0 Å². The van der Waals surface area contributed by atoms with Crippen molar-refractivity contribution in [3.8, 4) is 0 Å².